The molecule has 0 aromatic heterocycles. The zero-order valence-electron chi connectivity index (χ0n) is 15.9. The number of nitrogens with one attached hydrogen (secondary N) is 1. The number of halogens is 1. The molecule has 2 aromatic rings. The summed E-state index contributed by atoms with van der Waals surface area (Å²) in [5, 5.41) is 3.79. The van der Waals surface area contributed by atoms with Gasteiger partial charge in [-0.1, -0.05) is 29.8 Å². The van der Waals surface area contributed by atoms with E-state index in [0.29, 0.717) is 38.9 Å². The maximum atomic E-state index is 12.3. The number of carbonyl (C=O) groups excluding carboxylic acids is 1. The minimum absolute atomic E-state index is 0.0446. The monoisotopic (exact) mass is 416 g/mol. The Hall–Kier alpha value is -2.44. The van der Waals surface area contributed by atoms with E-state index in [1.165, 1.54) is 11.8 Å². The molecule has 3 rings (SSSR count). The minimum Gasteiger partial charge on any atom is -0.490 e. The number of hydrogen-bond donors (Lipinski definition) is 1. The number of aliphatic imine (C=N–C) groups is 1. The van der Waals surface area contributed by atoms with Crippen molar-refractivity contribution in [3.8, 4) is 11.5 Å². The zero-order valence-corrected chi connectivity index (χ0v) is 17.4. The third kappa shape index (κ3) is 5.09. The number of amidine groups is 1. The summed E-state index contributed by atoms with van der Waals surface area (Å²) in [5.74, 6) is 1.14. The highest BCUT2D eigenvalue weighted by atomic mass is 35.5. The Labute approximate surface area is 173 Å². The molecule has 0 spiro atoms. The van der Waals surface area contributed by atoms with E-state index >= 15 is 0 Å². The van der Waals surface area contributed by atoms with Crippen molar-refractivity contribution in [2.45, 2.75) is 26.9 Å². The smallest absolute Gasteiger partial charge is 0.264 e. The largest absolute Gasteiger partial charge is 0.490 e. The van der Waals surface area contributed by atoms with Crippen LogP contribution in [0.15, 0.2) is 52.4 Å². The first-order valence-corrected chi connectivity index (χ1v) is 10.1. The van der Waals surface area contributed by atoms with Crippen molar-refractivity contribution < 1.29 is 14.3 Å². The van der Waals surface area contributed by atoms with Crippen LogP contribution in [0.5, 0.6) is 11.5 Å². The number of hydrogen-bond acceptors (Lipinski definition) is 5. The predicted molar refractivity (Wildman–Crippen MR) is 116 cm³/mol. The molecule has 28 heavy (non-hydrogen) atoms. The van der Waals surface area contributed by atoms with Crippen LogP contribution in [0.4, 0.5) is 5.69 Å². The minimum atomic E-state index is -0.198. The van der Waals surface area contributed by atoms with Crippen molar-refractivity contribution in [3.63, 3.8) is 0 Å². The van der Waals surface area contributed by atoms with Crippen molar-refractivity contribution in [1.29, 1.82) is 0 Å². The van der Waals surface area contributed by atoms with Gasteiger partial charge in [0.05, 0.1) is 28.3 Å². The van der Waals surface area contributed by atoms with Crippen LogP contribution in [0.25, 0.3) is 6.08 Å². The Kier molecular flexibility index (Phi) is 6.65. The van der Waals surface area contributed by atoms with Gasteiger partial charge in [-0.25, -0.2) is 4.99 Å². The van der Waals surface area contributed by atoms with E-state index in [2.05, 4.69) is 10.3 Å². The molecular weight excluding hydrogens is 396 g/mol. The highest BCUT2D eigenvalue weighted by molar-refractivity contribution is 8.18. The zero-order chi connectivity index (χ0) is 20.1. The van der Waals surface area contributed by atoms with E-state index < -0.39 is 0 Å². The molecule has 1 heterocycles. The van der Waals surface area contributed by atoms with Crippen LogP contribution in [0.3, 0.4) is 0 Å². The van der Waals surface area contributed by atoms with Crippen molar-refractivity contribution in [1.82, 2.24) is 5.32 Å². The number of carbonyl (C=O) groups is 1. The Morgan fingerprint density at radius 1 is 1.21 bits per heavy atom. The maximum absolute atomic E-state index is 12.3. The molecule has 0 unspecified atom stereocenters. The fraction of sp³-hybridized carbons (Fsp3) is 0.238. The number of benzene rings is 2. The lowest BCUT2D eigenvalue weighted by Crippen LogP contribution is -2.19. The average molecular weight is 417 g/mol. The van der Waals surface area contributed by atoms with Crippen LogP contribution in [0.2, 0.25) is 5.02 Å². The molecule has 1 aliphatic rings. The quantitative estimate of drug-likeness (QED) is 0.639. The van der Waals surface area contributed by atoms with Crippen LogP contribution in [-0.4, -0.2) is 23.8 Å². The second kappa shape index (κ2) is 9.17. The van der Waals surface area contributed by atoms with E-state index in [4.69, 9.17) is 21.1 Å². The van der Waals surface area contributed by atoms with Gasteiger partial charge in [0.2, 0.25) is 0 Å². The number of thioether (sulfide) groups is 1. The standard InChI is InChI=1S/C21H21ClN2O3S/c1-4-26-18-11-14(9-10-17(18)27-13(2)3)12-19-20(25)24-21(28-19)23-16-8-6-5-7-15(16)22/h5-13H,4H2,1-3H3,(H,23,24,25)/b19-12-. The first kappa shape index (κ1) is 20.3. The van der Waals surface area contributed by atoms with Gasteiger partial charge in [-0.05, 0) is 68.4 Å². The van der Waals surface area contributed by atoms with Crippen LogP contribution >= 0.6 is 23.4 Å². The third-order valence-electron chi connectivity index (χ3n) is 3.65. The van der Waals surface area contributed by atoms with Crippen molar-refractivity contribution >= 4 is 46.2 Å². The molecule has 2 aromatic carbocycles. The number of rotatable bonds is 6. The van der Waals surface area contributed by atoms with Gasteiger partial charge < -0.3 is 14.8 Å². The second-order valence-corrected chi connectivity index (χ2v) is 7.68. The summed E-state index contributed by atoms with van der Waals surface area (Å²) in [5.41, 5.74) is 1.46. The number of para-hydroxylation sites is 1. The molecule has 146 valence electrons. The summed E-state index contributed by atoms with van der Waals surface area (Å²) < 4.78 is 11.5. The van der Waals surface area contributed by atoms with E-state index in [0.717, 1.165) is 5.56 Å². The molecule has 1 aliphatic heterocycles. The highest BCUT2D eigenvalue weighted by Crippen LogP contribution is 2.33. The second-order valence-electron chi connectivity index (χ2n) is 6.24. The Morgan fingerprint density at radius 3 is 2.71 bits per heavy atom. The fourth-order valence-corrected chi connectivity index (χ4v) is 3.53. The third-order valence-corrected chi connectivity index (χ3v) is 4.88. The van der Waals surface area contributed by atoms with Crippen LogP contribution in [-0.2, 0) is 4.79 Å². The Balaban J connectivity index is 1.84. The van der Waals surface area contributed by atoms with Gasteiger partial charge in [0.1, 0.15) is 0 Å². The van der Waals surface area contributed by atoms with Gasteiger partial charge in [-0.15, -0.1) is 0 Å². The van der Waals surface area contributed by atoms with Gasteiger partial charge in [-0.3, -0.25) is 4.79 Å². The summed E-state index contributed by atoms with van der Waals surface area (Å²) in [4.78, 5) is 17.3. The molecule has 0 atom stereocenters. The first-order valence-electron chi connectivity index (χ1n) is 8.94. The van der Waals surface area contributed by atoms with Crippen LogP contribution < -0.4 is 14.8 Å². The number of nitrogens with zero attached hydrogens (tertiary/aromatic N) is 1. The van der Waals surface area contributed by atoms with Gasteiger partial charge in [-0.2, -0.15) is 0 Å². The summed E-state index contributed by atoms with van der Waals surface area (Å²) >= 11 is 7.40. The predicted octanol–water partition coefficient (Wildman–Crippen LogP) is 5.42. The lowest BCUT2D eigenvalue weighted by Gasteiger charge is -2.15. The molecule has 0 aliphatic carbocycles. The molecule has 1 saturated heterocycles. The Morgan fingerprint density at radius 2 is 2.00 bits per heavy atom. The number of ether oxygens (including phenoxy) is 2. The Bertz CT molecular complexity index is 941. The lowest BCUT2D eigenvalue weighted by atomic mass is 10.2. The molecule has 7 heteroatoms. The van der Waals surface area contributed by atoms with E-state index in [1.807, 2.05) is 51.1 Å². The molecule has 1 amide bonds. The number of amides is 1. The van der Waals surface area contributed by atoms with E-state index in [9.17, 15) is 4.79 Å². The van der Waals surface area contributed by atoms with Gasteiger partial charge in [0.15, 0.2) is 16.7 Å². The maximum Gasteiger partial charge on any atom is 0.264 e. The lowest BCUT2D eigenvalue weighted by molar-refractivity contribution is -0.115. The molecule has 0 saturated carbocycles. The summed E-state index contributed by atoms with van der Waals surface area (Å²) in [6, 6.07) is 12.9. The van der Waals surface area contributed by atoms with Crippen molar-refractivity contribution in [3.05, 3.63) is 58.0 Å². The molecule has 1 N–H and O–H groups in total. The van der Waals surface area contributed by atoms with Crippen LogP contribution in [0, 0.1) is 0 Å². The summed E-state index contributed by atoms with van der Waals surface area (Å²) in [6.07, 6.45) is 1.85. The molecule has 5 nitrogen and oxygen atoms in total. The highest BCUT2D eigenvalue weighted by Gasteiger charge is 2.24. The molecule has 1 fully saturated rings. The van der Waals surface area contributed by atoms with Gasteiger partial charge >= 0.3 is 0 Å². The van der Waals surface area contributed by atoms with Gasteiger partial charge in [0.25, 0.3) is 5.91 Å². The van der Waals surface area contributed by atoms with Crippen molar-refractivity contribution in [2.75, 3.05) is 6.61 Å². The SMILES string of the molecule is CCOc1cc(/C=C2\SC(=Nc3ccccc3Cl)NC2=O)ccc1OC(C)C. The average Bonchev–Trinajstić information content (AvgIpc) is 2.98. The van der Waals surface area contributed by atoms with Gasteiger partial charge in [0, 0.05) is 0 Å². The first-order chi connectivity index (χ1) is 13.5. The molecular formula is C21H21ClN2O3S. The summed E-state index contributed by atoms with van der Waals surface area (Å²) in [6.45, 7) is 6.37. The fourth-order valence-electron chi connectivity index (χ4n) is 2.52. The topological polar surface area (TPSA) is 59.9 Å². The van der Waals surface area contributed by atoms with Crippen LogP contribution in [0.1, 0.15) is 26.3 Å². The van der Waals surface area contributed by atoms with E-state index in [1.54, 1.807) is 18.2 Å². The van der Waals surface area contributed by atoms with Crippen molar-refractivity contribution in [2.24, 2.45) is 4.99 Å². The van der Waals surface area contributed by atoms with E-state index in [-0.39, 0.29) is 12.0 Å². The summed E-state index contributed by atoms with van der Waals surface area (Å²) in [7, 11) is 0. The normalized spacial score (nSPS) is 16.7. The molecule has 0 bridgehead atoms. The molecule has 0 radical (unpaired) electrons.